The van der Waals surface area contributed by atoms with Crippen molar-refractivity contribution in [3.8, 4) is 0 Å². The van der Waals surface area contributed by atoms with Crippen LogP contribution in [0.2, 0.25) is 0 Å². The predicted octanol–water partition coefficient (Wildman–Crippen LogP) is 2.98. The van der Waals surface area contributed by atoms with Crippen molar-refractivity contribution < 1.29 is 8.78 Å². The van der Waals surface area contributed by atoms with Crippen molar-refractivity contribution in [3.05, 3.63) is 42.0 Å². The average molecular weight is 211 g/mol. The van der Waals surface area contributed by atoms with Gasteiger partial charge in [-0.1, -0.05) is 12.6 Å². The zero-order valence-corrected chi connectivity index (χ0v) is 8.82. The Labute approximate surface area is 88.8 Å². The number of benzene rings is 1. The molecule has 0 spiro atoms. The van der Waals surface area contributed by atoms with Gasteiger partial charge in [-0.25, -0.2) is 8.78 Å². The summed E-state index contributed by atoms with van der Waals surface area (Å²) in [6.07, 6.45) is 1.72. The van der Waals surface area contributed by atoms with Gasteiger partial charge in [0.15, 0.2) is 11.6 Å². The summed E-state index contributed by atoms with van der Waals surface area (Å²) in [4.78, 5) is 0. The van der Waals surface area contributed by atoms with Crippen LogP contribution in [-0.4, -0.2) is 13.6 Å². The van der Waals surface area contributed by atoms with Gasteiger partial charge in [0.1, 0.15) is 0 Å². The summed E-state index contributed by atoms with van der Waals surface area (Å²) in [5.41, 5.74) is 1.51. The molecule has 0 unspecified atom stereocenters. The molecule has 0 saturated heterocycles. The molecule has 0 aliphatic rings. The number of rotatable bonds is 5. The molecule has 1 rings (SSSR count). The summed E-state index contributed by atoms with van der Waals surface area (Å²) >= 11 is 0. The maximum absolute atomic E-state index is 12.9. The van der Waals surface area contributed by atoms with Gasteiger partial charge < -0.3 is 5.32 Å². The molecule has 1 N–H and O–H groups in total. The molecule has 0 atom stereocenters. The van der Waals surface area contributed by atoms with Gasteiger partial charge in [-0.3, -0.25) is 0 Å². The molecule has 0 aliphatic heterocycles. The quantitative estimate of drug-likeness (QED) is 0.738. The lowest BCUT2D eigenvalue weighted by Gasteiger charge is -2.06. The minimum absolute atomic E-state index is 0.671. The van der Waals surface area contributed by atoms with Gasteiger partial charge in [-0.15, -0.1) is 0 Å². The molecular weight excluding hydrogens is 196 g/mol. The molecule has 0 fully saturated rings. The Hall–Kier alpha value is -1.22. The third kappa shape index (κ3) is 3.44. The molecule has 1 nitrogen and oxygen atoms in total. The number of nitrogens with one attached hydrogen (secondary N) is 1. The molecule has 3 heteroatoms. The minimum atomic E-state index is -0.818. The third-order valence-corrected chi connectivity index (χ3v) is 2.23. The lowest BCUT2D eigenvalue weighted by Crippen LogP contribution is -2.07. The summed E-state index contributed by atoms with van der Waals surface area (Å²) in [7, 11) is 1.88. The first kappa shape index (κ1) is 11.9. The average Bonchev–Trinajstić information content (AvgIpc) is 2.22. The highest BCUT2D eigenvalue weighted by molar-refractivity contribution is 5.63. The Morgan fingerprint density at radius 2 is 2.07 bits per heavy atom. The van der Waals surface area contributed by atoms with Crippen LogP contribution >= 0.6 is 0 Å². The molecule has 0 aliphatic carbocycles. The summed E-state index contributed by atoms with van der Waals surface area (Å²) in [6, 6.07) is 3.88. The largest absolute Gasteiger partial charge is 0.320 e. The maximum Gasteiger partial charge on any atom is 0.159 e. The molecule has 0 amide bonds. The normalized spacial score (nSPS) is 10.3. The van der Waals surface area contributed by atoms with Crippen molar-refractivity contribution in [2.75, 3.05) is 13.6 Å². The Kier molecular flexibility index (Phi) is 4.43. The third-order valence-electron chi connectivity index (χ3n) is 2.23. The number of hydrogen-bond donors (Lipinski definition) is 1. The van der Waals surface area contributed by atoms with E-state index in [1.165, 1.54) is 6.07 Å². The second-order valence-electron chi connectivity index (χ2n) is 3.44. The summed E-state index contributed by atoms with van der Waals surface area (Å²) in [6.45, 7) is 4.74. The topological polar surface area (TPSA) is 12.0 Å². The molecular formula is C12H15F2N. The van der Waals surface area contributed by atoms with Gasteiger partial charge in [0.2, 0.25) is 0 Å². The highest BCUT2D eigenvalue weighted by atomic mass is 19.2. The van der Waals surface area contributed by atoms with Gasteiger partial charge in [0, 0.05) is 0 Å². The molecule has 0 aromatic heterocycles. The van der Waals surface area contributed by atoms with E-state index >= 15 is 0 Å². The summed E-state index contributed by atoms with van der Waals surface area (Å²) < 4.78 is 25.6. The van der Waals surface area contributed by atoms with Gasteiger partial charge >= 0.3 is 0 Å². The highest BCUT2D eigenvalue weighted by Crippen LogP contribution is 2.19. The Bertz CT molecular complexity index is 347. The molecule has 1 aromatic carbocycles. The molecule has 0 radical (unpaired) electrons. The predicted molar refractivity (Wildman–Crippen MR) is 58.6 cm³/mol. The smallest absolute Gasteiger partial charge is 0.159 e. The first-order chi connectivity index (χ1) is 7.15. The van der Waals surface area contributed by atoms with Crippen molar-refractivity contribution >= 4 is 5.57 Å². The van der Waals surface area contributed by atoms with Crippen LogP contribution < -0.4 is 5.32 Å². The van der Waals surface area contributed by atoms with Gasteiger partial charge in [0.25, 0.3) is 0 Å². The van der Waals surface area contributed by atoms with Gasteiger partial charge in [-0.2, -0.15) is 0 Å². The standard InChI is InChI=1S/C12H15F2N/c1-9(4-3-7-15-2)10-5-6-11(13)12(14)8-10/h5-6,8,15H,1,3-4,7H2,2H3. The summed E-state index contributed by atoms with van der Waals surface area (Å²) in [5, 5.41) is 3.02. The fourth-order valence-electron chi connectivity index (χ4n) is 1.34. The van der Waals surface area contributed by atoms with E-state index in [0.29, 0.717) is 5.56 Å². The molecule has 15 heavy (non-hydrogen) atoms. The minimum Gasteiger partial charge on any atom is -0.320 e. The van der Waals surface area contributed by atoms with Crippen LogP contribution in [0.1, 0.15) is 18.4 Å². The first-order valence-corrected chi connectivity index (χ1v) is 4.93. The number of hydrogen-bond acceptors (Lipinski definition) is 1. The van der Waals surface area contributed by atoms with Crippen molar-refractivity contribution in [1.29, 1.82) is 0 Å². The van der Waals surface area contributed by atoms with Crippen molar-refractivity contribution in [2.45, 2.75) is 12.8 Å². The van der Waals surface area contributed by atoms with Crippen LogP contribution in [0.15, 0.2) is 24.8 Å². The molecule has 82 valence electrons. The van der Waals surface area contributed by atoms with Crippen LogP contribution in [0.25, 0.3) is 5.57 Å². The van der Waals surface area contributed by atoms with Crippen molar-refractivity contribution in [3.63, 3.8) is 0 Å². The van der Waals surface area contributed by atoms with Crippen LogP contribution in [0.5, 0.6) is 0 Å². The second kappa shape index (κ2) is 5.61. The highest BCUT2D eigenvalue weighted by Gasteiger charge is 2.04. The van der Waals surface area contributed by atoms with E-state index in [2.05, 4.69) is 11.9 Å². The molecule has 1 aromatic rings. The van der Waals surface area contributed by atoms with Gasteiger partial charge in [-0.05, 0) is 49.7 Å². The Morgan fingerprint density at radius 3 is 2.67 bits per heavy atom. The zero-order valence-electron chi connectivity index (χ0n) is 8.82. The fourth-order valence-corrected chi connectivity index (χ4v) is 1.34. The fraction of sp³-hybridized carbons (Fsp3) is 0.333. The number of halogens is 2. The monoisotopic (exact) mass is 211 g/mol. The molecule has 0 bridgehead atoms. The second-order valence-corrected chi connectivity index (χ2v) is 3.44. The van der Waals surface area contributed by atoms with Crippen molar-refractivity contribution in [2.24, 2.45) is 0 Å². The Balaban J connectivity index is 2.62. The first-order valence-electron chi connectivity index (χ1n) is 4.93. The van der Waals surface area contributed by atoms with Crippen LogP contribution in [0.4, 0.5) is 8.78 Å². The van der Waals surface area contributed by atoms with E-state index in [9.17, 15) is 8.78 Å². The van der Waals surface area contributed by atoms with Gasteiger partial charge in [0.05, 0.1) is 0 Å². The van der Waals surface area contributed by atoms with E-state index in [4.69, 9.17) is 0 Å². The van der Waals surface area contributed by atoms with Crippen molar-refractivity contribution in [1.82, 2.24) is 5.32 Å². The van der Waals surface area contributed by atoms with Crippen LogP contribution in [-0.2, 0) is 0 Å². The van der Waals surface area contributed by atoms with Crippen LogP contribution in [0, 0.1) is 11.6 Å². The lowest BCUT2D eigenvalue weighted by molar-refractivity contribution is 0.508. The van der Waals surface area contributed by atoms with E-state index < -0.39 is 11.6 Å². The van der Waals surface area contributed by atoms with Crippen LogP contribution in [0.3, 0.4) is 0 Å². The summed E-state index contributed by atoms with van der Waals surface area (Å²) in [5.74, 6) is -1.64. The zero-order chi connectivity index (χ0) is 11.3. The van der Waals surface area contributed by atoms with E-state index in [1.807, 2.05) is 7.05 Å². The number of allylic oxidation sites excluding steroid dienone is 1. The molecule has 0 heterocycles. The Morgan fingerprint density at radius 1 is 1.33 bits per heavy atom. The maximum atomic E-state index is 12.9. The lowest BCUT2D eigenvalue weighted by atomic mass is 10.0. The molecule has 0 saturated carbocycles. The van der Waals surface area contributed by atoms with E-state index in [1.54, 1.807) is 6.07 Å². The van der Waals surface area contributed by atoms with E-state index in [0.717, 1.165) is 31.0 Å². The SMILES string of the molecule is C=C(CCCNC)c1ccc(F)c(F)c1. The van der Waals surface area contributed by atoms with E-state index in [-0.39, 0.29) is 0 Å².